The number of aliphatic imine (C=N–C) groups is 1. The summed E-state index contributed by atoms with van der Waals surface area (Å²) in [5, 5.41) is 6.66. The first-order valence-corrected chi connectivity index (χ1v) is 6.98. The number of nitrogens with zero attached hydrogens (tertiary/aromatic N) is 2. The molecule has 0 saturated heterocycles. The van der Waals surface area contributed by atoms with E-state index in [0.29, 0.717) is 6.04 Å². The summed E-state index contributed by atoms with van der Waals surface area (Å²) < 4.78 is 0. The second kappa shape index (κ2) is 6.57. The Labute approximate surface area is 115 Å². The molecule has 4 nitrogen and oxygen atoms in total. The molecule has 104 valence electrons. The van der Waals surface area contributed by atoms with E-state index >= 15 is 0 Å². The molecule has 1 unspecified atom stereocenters. The fourth-order valence-electron chi connectivity index (χ4n) is 2.11. The topological polar surface area (TPSA) is 39.7 Å². The van der Waals surface area contributed by atoms with Crippen molar-refractivity contribution in [3.8, 4) is 0 Å². The van der Waals surface area contributed by atoms with E-state index in [2.05, 4.69) is 65.7 Å². The Balaban J connectivity index is 1.88. The van der Waals surface area contributed by atoms with Gasteiger partial charge in [0.2, 0.25) is 0 Å². The molecule has 0 radical (unpaired) electrons. The van der Waals surface area contributed by atoms with Crippen molar-refractivity contribution in [3.63, 3.8) is 0 Å². The van der Waals surface area contributed by atoms with Gasteiger partial charge < -0.3 is 15.5 Å². The Morgan fingerprint density at radius 3 is 2.89 bits per heavy atom. The summed E-state index contributed by atoms with van der Waals surface area (Å²) in [6, 6.07) is 9.18. The average molecular weight is 260 g/mol. The van der Waals surface area contributed by atoms with Crippen LogP contribution in [0.2, 0.25) is 0 Å². The van der Waals surface area contributed by atoms with Gasteiger partial charge in [0.05, 0.1) is 6.54 Å². The first-order valence-electron chi connectivity index (χ1n) is 6.98. The number of guanidine groups is 1. The predicted octanol–water partition coefficient (Wildman–Crippen LogP) is 1.58. The first kappa shape index (κ1) is 13.9. The minimum Gasteiger partial charge on any atom is -0.352 e. The molecular formula is C15H24N4. The maximum Gasteiger partial charge on any atom is 0.191 e. The summed E-state index contributed by atoms with van der Waals surface area (Å²) in [5.74, 6) is 0.920. The molecule has 19 heavy (non-hydrogen) atoms. The van der Waals surface area contributed by atoms with E-state index in [4.69, 9.17) is 0 Å². The zero-order chi connectivity index (χ0) is 13.7. The first-order chi connectivity index (χ1) is 9.17. The van der Waals surface area contributed by atoms with Crippen LogP contribution >= 0.6 is 0 Å². The van der Waals surface area contributed by atoms with Gasteiger partial charge in [-0.25, -0.2) is 0 Å². The van der Waals surface area contributed by atoms with Gasteiger partial charge in [-0.2, -0.15) is 0 Å². The van der Waals surface area contributed by atoms with E-state index < -0.39 is 0 Å². The Morgan fingerprint density at radius 2 is 2.21 bits per heavy atom. The lowest BCUT2D eigenvalue weighted by Crippen LogP contribution is -2.37. The normalized spacial score (nSPS) is 18.3. The summed E-state index contributed by atoms with van der Waals surface area (Å²) in [7, 11) is 2.14. The minimum atomic E-state index is 0.451. The van der Waals surface area contributed by atoms with Gasteiger partial charge in [-0.15, -0.1) is 0 Å². The SMILES string of the molecule is CCN(C)Cc1cccc(CNC2=NCC(C)N2)c1. The second-order valence-electron chi connectivity index (χ2n) is 5.24. The summed E-state index contributed by atoms with van der Waals surface area (Å²) in [5.41, 5.74) is 2.66. The monoisotopic (exact) mass is 260 g/mol. The molecule has 2 N–H and O–H groups in total. The van der Waals surface area contributed by atoms with Crippen molar-refractivity contribution >= 4 is 5.96 Å². The number of hydrogen-bond acceptors (Lipinski definition) is 4. The van der Waals surface area contributed by atoms with Crippen molar-refractivity contribution in [1.29, 1.82) is 0 Å². The van der Waals surface area contributed by atoms with Crippen molar-refractivity contribution < 1.29 is 0 Å². The van der Waals surface area contributed by atoms with Crippen LogP contribution in [0.15, 0.2) is 29.3 Å². The van der Waals surface area contributed by atoms with E-state index in [1.165, 1.54) is 11.1 Å². The van der Waals surface area contributed by atoms with Gasteiger partial charge in [0.15, 0.2) is 5.96 Å². The molecule has 0 aliphatic carbocycles. The average Bonchev–Trinajstić information content (AvgIpc) is 2.82. The van der Waals surface area contributed by atoms with Crippen molar-refractivity contribution in [2.75, 3.05) is 20.1 Å². The molecule has 0 spiro atoms. The van der Waals surface area contributed by atoms with Crippen LogP contribution in [0.3, 0.4) is 0 Å². The highest BCUT2D eigenvalue weighted by Crippen LogP contribution is 2.07. The van der Waals surface area contributed by atoms with Crippen LogP contribution < -0.4 is 10.6 Å². The van der Waals surface area contributed by atoms with E-state index in [1.807, 2.05) is 0 Å². The highest BCUT2D eigenvalue weighted by Gasteiger charge is 2.11. The Morgan fingerprint density at radius 1 is 1.42 bits per heavy atom. The highest BCUT2D eigenvalue weighted by atomic mass is 15.2. The molecule has 0 aromatic heterocycles. The third-order valence-electron chi connectivity index (χ3n) is 3.35. The van der Waals surface area contributed by atoms with Crippen LogP contribution in [0.4, 0.5) is 0 Å². The van der Waals surface area contributed by atoms with Crippen molar-refractivity contribution in [2.45, 2.75) is 33.0 Å². The lowest BCUT2D eigenvalue weighted by atomic mass is 10.1. The standard InChI is InChI=1S/C15H24N4/c1-4-19(3)11-14-7-5-6-13(8-14)10-17-15-16-9-12(2)18-15/h5-8,12H,4,9-11H2,1-3H3,(H2,16,17,18). The number of benzene rings is 1. The molecule has 0 fully saturated rings. The Kier molecular flexibility index (Phi) is 4.80. The third-order valence-corrected chi connectivity index (χ3v) is 3.35. The maximum atomic E-state index is 4.40. The molecule has 1 atom stereocenters. The van der Waals surface area contributed by atoms with E-state index in [1.54, 1.807) is 0 Å². The van der Waals surface area contributed by atoms with Crippen molar-refractivity contribution in [2.24, 2.45) is 4.99 Å². The molecule has 1 aromatic carbocycles. The summed E-state index contributed by atoms with van der Waals surface area (Å²) in [6.45, 7) is 8.07. The van der Waals surface area contributed by atoms with Crippen molar-refractivity contribution in [1.82, 2.24) is 15.5 Å². The van der Waals surface area contributed by atoms with Gasteiger partial charge >= 0.3 is 0 Å². The van der Waals surface area contributed by atoms with Gasteiger partial charge in [-0.05, 0) is 31.6 Å². The van der Waals surface area contributed by atoms with Crippen LogP contribution in [-0.4, -0.2) is 37.0 Å². The number of hydrogen-bond donors (Lipinski definition) is 2. The molecule has 4 heteroatoms. The molecule has 0 bridgehead atoms. The summed E-state index contributed by atoms with van der Waals surface area (Å²) in [6.07, 6.45) is 0. The zero-order valence-electron chi connectivity index (χ0n) is 12.1. The molecule has 1 heterocycles. The molecular weight excluding hydrogens is 236 g/mol. The van der Waals surface area contributed by atoms with Gasteiger partial charge in [0.1, 0.15) is 0 Å². The van der Waals surface area contributed by atoms with E-state index in [9.17, 15) is 0 Å². The number of rotatable bonds is 5. The van der Waals surface area contributed by atoms with Gasteiger partial charge in [-0.1, -0.05) is 31.2 Å². The van der Waals surface area contributed by atoms with E-state index in [-0.39, 0.29) is 0 Å². The third kappa shape index (κ3) is 4.24. The van der Waals surface area contributed by atoms with Crippen LogP contribution in [0.25, 0.3) is 0 Å². The summed E-state index contributed by atoms with van der Waals surface area (Å²) in [4.78, 5) is 6.70. The van der Waals surface area contributed by atoms with Gasteiger partial charge in [0, 0.05) is 19.1 Å². The van der Waals surface area contributed by atoms with E-state index in [0.717, 1.165) is 32.1 Å². The lowest BCUT2D eigenvalue weighted by Gasteiger charge is -2.15. The number of nitrogens with one attached hydrogen (secondary N) is 2. The largest absolute Gasteiger partial charge is 0.352 e. The second-order valence-corrected chi connectivity index (χ2v) is 5.24. The molecule has 0 amide bonds. The fourth-order valence-corrected chi connectivity index (χ4v) is 2.11. The summed E-state index contributed by atoms with van der Waals surface area (Å²) >= 11 is 0. The smallest absolute Gasteiger partial charge is 0.191 e. The molecule has 1 aromatic rings. The van der Waals surface area contributed by atoms with Gasteiger partial charge in [0.25, 0.3) is 0 Å². The quantitative estimate of drug-likeness (QED) is 0.844. The van der Waals surface area contributed by atoms with Gasteiger partial charge in [-0.3, -0.25) is 4.99 Å². The zero-order valence-corrected chi connectivity index (χ0v) is 12.1. The molecule has 2 rings (SSSR count). The van der Waals surface area contributed by atoms with Crippen LogP contribution in [0, 0.1) is 0 Å². The molecule has 1 aliphatic rings. The van der Waals surface area contributed by atoms with Crippen molar-refractivity contribution in [3.05, 3.63) is 35.4 Å². The van der Waals surface area contributed by atoms with Crippen LogP contribution in [0.5, 0.6) is 0 Å². The molecule has 0 saturated carbocycles. The Hall–Kier alpha value is -1.55. The highest BCUT2D eigenvalue weighted by molar-refractivity contribution is 5.81. The van der Waals surface area contributed by atoms with Crippen LogP contribution in [0.1, 0.15) is 25.0 Å². The minimum absolute atomic E-state index is 0.451. The predicted molar refractivity (Wildman–Crippen MR) is 80.2 cm³/mol. The van der Waals surface area contributed by atoms with Crippen LogP contribution in [-0.2, 0) is 13.1 Å². The fraction of sp³-hybridized carbons (Fsp3) is 0.533. The maximum absolute atomic E-state index is 4.40. The lowest BCUT2D eigenvalue weighted by molar-refractivity contribution is 0.345. The molecule has 1 aliphatic heterocycles. The Bertz CT molecular complexity index is 442.